The Labute approximate surface area is 140 Å². The second-order valence-corrected chi connectivity index (χ2v) is 7.03. The van der Waals surface area contributed by atoms with E-state index in [0.717, 1.165) is 43.5 Å². The summed E-state index contributed by atoms with van der Waals surface area (Å²) in [6.45, 7) is 4.95. The van der Waals surface area contributed by atoms with Crippen molar-refractivity contribution < 1.29 is 4.79 Å². The Balaban J connectivity index is 1.43. The van der Waals surface area contributed by atoms with Crippen LogP contribution in [0.4, 0.5) is 0 Å². The van der Waals surface area contributed by atoms with Crippen LogP contribution in [0, 0.1) is 11.8 Å². The summed E-state index contributed by atoms with van der Waals surface area (Å²) in [6, 6.07) is 0. The lowest BCUT2D eigenvalue weighted by Gasteiger charge is -2.33. The molecule has 1 amide bonds. The highest BCUT2D eigenvalue weighted by atomic mass is 16.2. The van der Waals surface area contributed by atoms with Crippen molar-refractivity contribution in [3.8, 4) is 0 Å². The fourth-order valence-corrected chi connectivity index (χ4v) is 3.76. The van der Waals surface area contributed by atoms with Gasteiger partial charge >= 0.3 is 0 Å². The van der Waals surface area contributed by atoms with Crippen molar-refractivity contribution in [1.29, 1.82) is 0 Å². The van der Waals surface area contributed by atoms with Crippen molar-refractivity contribution in [2.75, 3.05) is 6.54 Å². The molecule has 0 atom stereocenters. The maximum Gasteiger partial charge on any atom is 0.226 e. The van der Waals surface area contributed by atoms with E-state index >= 15 is 0 Å². The molecule has 2 aromatic heterocycles. The number of fused-ring (bicyclic) bond motifs is 1. The van der Waals surface area contributed by atoms with Gasteiger partial charge in [0.15, 0.2) is 11.6 Å². The molecule has 0 spiro atoms. The molecule has 0 radical (unpaired) electrons. The molecule has 0 aromatic carbocycles. The Kier molecular flexibility index (Phi) is 4.03. The Morgan fingerprint density at radius 2 is 1.88 bits per heavy atom. The molecule has 128 valence electrons. The molecule has 2 aromatic rings. The van der Waals surface area contributed by atoms with Crippen LogP contribution in [0.1, 0.15) is 44.3 Å². The third-order valence-corrected chi connectivity index (χ3v) is 5.30. The van der Waals surface area contributed by atoms with Gasteiger partial charge in [-0.2, -0.15) is 0 Å². The van der Waals surface area contributed by atoms with Gasteiger partial charge in [-0.1, -0.05) is 6.92 Å². The maximum absolute atomic E-state index is 12.8. The summed E-state index contributed by atoms with van der Waals surface area (Å²) >= 11 is 0. The quantitative estimate of drug-likeness (QED) is 0.842. The molecule has 1 aliphatic heterocycles. The van der Waals surface area contributed by atoms with Crippen LogP contribution in [0.15, 0.2) is 12.7 Å². The Morgan fingerprint density at radius 3 is 2.62 bits per heavy atom. The van der Waals surface area contributed by atoms with Crippen molar-refractivity contribution >= 4 is 5.91 Å². The van der Waals surface area contributed by atoms with Crippen LogP contribution in [0.2, 0.25) is 0 Å². The number of nitrogens with zero attached hydrogens (tertiary/aromatic N) is 7. The van der Waals surface area contributed by atoms with E-state index in [1.165, 1.54) is 12.8 Å². The molecular formula is C16H23N7O. The minimum absolute atomic E-state index is 0.201. The summed E-state index contributed by atoms with van der Waals surface area (Å²) in [5, 5.41) is 16.2. The average Bonchev–Trinajstić information content (AvgIpc) is 3.25. The Morgan fingerprint density at radius 1 is 1.12 bits per heavy atom. The predicted molar refractivity (Wildman–Crippen MR) is 85.7 cm³/mol. The molecule has 8 heteroatoms. The number of hydrogen-bond donors (Lipinski definition) is 0. The van der Waals surface area contributed by atoms with Crippen molar-refractivity contribution in [1.82, 2.24) is 34.4 Å². The summed E-state index contributed by atoms with van der Waals surface area (Å²) in [7, 11) is 0. The van der Waals surface area contributed by atoms with Crippen molar-refractivity contribution in [2.45, 2.75) is 52.2 Å². The number of carbonyl (C=O) groups is 1. The molecule has 0 bridgehead atoms. The van der Waals surface area contributed by atoms with Crippen LogP contribution in [0.5, 0.6) is 0 Å². The molecular weight excluding hydrogens is 306 g/mol. The number of hydrogen-bond acceptors (Lipinski definition) is 5. The first-order valence-electron chi connectivity index (χ1n) is 8.73. The smallest absolute Gasteiger partial charge is 0.226 e. The van der Waals surface area contributed by atoms with E-state index in [0.29, 0.717) is 19.0 Å². The zero-order valence-corrected chi connectivity index (χ0v) is 14.0. The topological polar surface area (TPSA) is 81.7 Å². The van der Waals surface area contributed by atoms with E-state index < -0.39 is 0 Å². The van der Waals surface area contributed by atoms with Gasteiger partial charge in [0.25, 0.3) is 0 Å². The van der Waals surface area contributed by atoms with E-state index in [2.05, 4.69) is 31.9 Å². The number of rotatable bonds is 3. The largest absolute Gasteiger partial charge is 0.333 e. The molecule has 0 N–H and O–H groups in total. The zero-order chi connectivity index (χ0) is 16.5. The van der Waals surface area contributed by atoms with Crippen LogP contribution in [0.25, 0.3) is 0 Å². The third kappa shape index (κ3) is 2.92. The van der Waals surface area contributed by atoms with E-state index in [4.69, 9.17) is 0 Å². The highest BCUT2D eigenvalue weighted by molar-refractivity contribution is 5.79. The second kappa shape index (κ2) is 6.33. The normalized spacial score (nSPS) is 24.0. The molecule has 0 saturated heterocycles. The lowest BCUT2D eigenvalue weighted by atomic mass is 9.82. The van der Waals surface area contributed by atoms with Gasteiger partial charge in [0.05, 0.1) is 13.1 Å². The van der Waals surface area contributed by atoms with Crippen LogP contribution in [-0.4, -0.2) is 46.9 Å². The summed E-state index contributed by atoms with van der Waals surface area (Å²) in [5.41, 5.74) is 0. The summed E-state index contributed by atoms with van der Waals surface area (Å²) in [4.78, 5) is 14.7. The van der Waals surface area contributed by atoms with E-state index in [-0.39, 0.29) is 5.92 Å². The monoisotopic (exact) mass is 329 g/mol. The molecule has 24 heavy (non-hydrogen) atoms. The number of amides is 1. The SMILES string of the molecule is CC1CCC(C(=O)N2CCn3c(nnc3Cn3cnnc3)C2)CC1. The molecule has 1 saturated carbocycles. The van der Waals surface area contributed by atoms with Gasteiger partial charge in [-0.3, -0.25) is 4.79 Å². The first-order chi connectivity index (χ1) is 11.7. The first kappa shape index (κ1) is 15.3. The minimum atomic E-state index is 0.201. The minimum Gasteiger partial charge on any atom is -0.333 e. The van der Waals surface area contributed by atoms with Crippen molar-refractivity contribution in [3.05, 3.63) is 24.3 Å². The van der Waals surface area contributed by atoms with Gasteiger partial charge in [0, 0.05) is 19.0 Å². The van der Waals surface area contributed by atoms with Crippen LogP contribution < -0.4 is 0 Å². The first-order valence-corrected chi connectivity index (χ1v) is 8.73. The molecule has 0 unspecified atom stereocenters. The van der Waals surface area contributed by atoms with Crippen LogP contribution >= 0.6 is 0 Å². The third-order valence-electron chi connectivity index (χ3n) is 5.30. The summed E-state index contributed by atoms with van der Waals surface area (Å²) in [6.07, 6.45) is 7.74. The fraction of sp³-hybridized carbons (Fsp3) is 0.688. The number of carbonyl (C=O) groups excluding carboxylic acids is 1. The lowest BCUT2D eigenvalue weighted by molar-refractivity contribution is -0.138. The van der Waals surface area contributed by atoms with Crippen LogP contribution in [0.3, 0.4) is 0 Å². The molecule has 2 aliphatic rings. The Bertz CT molecular complexity index is 700. The van der Waals surface area contributed by atoms with Gasteiger partial charge in [-0.15, -0.1) is 20.4 Å². The van der Waals surface area contributed by atoms with Crippen molar-refractivity contribution in [2.24, 2.45) is 11.8 Å². The summed E-state index contributed by atoms with van der Waals surface area (Å²) < 4.78 is 3.99. The van der Waals surface area contributed by atoms with Crippen LogP contribution in [-0.2, 0) is 24.4 Å². The fourth-order valence-electron chi connectivity index (χ4n) is 3.76. The molecule has 8 nitrogen and oxygen atoms in total. The van der Waals surface area contributed by atoms with Gasteiger partial charge in [-0.25, -0.2) is 0 Å². The van der Waals surface area contributed by atoms with E-state index in [9.17, 15) is 4.79 Å². The molecule has 1 fully saturated rings. The predicted octanol–water partition coefficient (Wildman–Crippen LogP) is 1.09. The van der Waals surface area contributed by atoms with E-state index in [1.54, 1.807) is 12.7 Å². The van der Waals surface area contributed by atoms with Gasteiger partial charge in [0.2, 0.25) is 5.91 Å². The highest BCUT2D eigenvalue weighted by Gasteiger charge is 2.31. The second-order valence-electron chi connectivity index (χ2n) is 7.03. The molecule has 3 heterocycles. The number of aromatic nitrogens is 6. The molecule has 1 aliphatic carbocycles. The highest BCUT2D eigenvalue weighted by Crippen LogP contribution is 2.30. The van der Waals surface area contributed by atoms with Gasteiger partial charge in [-0.05, 0) is 31.6 Å². The Hall–Kier alpha value is -2.25. The zero-order valence-electron chi connectivity index (χ0n) is 14.0. The van der Waals surface area contributed by atoms with Crippen molar-refractivity contribution in [3.63, 3.8) is 0 Å². The lowest BCUT2D eigenvalue weighted by Crippen LogP contribution is -2.42. The summed E-state index contributed by atoms with van der Waals surface area (Å²) in [5.74, 6) is 3.03. The molecule has 4 rings (SSSR count). The van der Waals surface area contributed by atoms with E-state index in [1.807, 2.05) is 9.47 Å². The standard InChI is InChI=1S/C16H23N7O/c1-12-2-4-13(5-3-12)16(24)22-6-7-23-14(19-20-15(23)9-22)8-21-10-17-18-11-21/h10-13H,2-9H2,1H3. The van der Waals surface area contributed by atoms with Gasteiger partial charge < -0.3 is 14.0 Å². The average molecular weight is 329 g/mol. The maximum atomic E-state index is 12.8. The van der Waals surface area contributed by atoms with Gasteiger partial charge in [0.1, 0.15) is 12.7 Å².